The summed E-state index contributed by atoms with van der Waals surface area (Å²) in [5, 5.41) is 0. The van der Waals surface area contributed by atoms with Gasteiger partial charge in [0.15, 0.2) is 5.76 Å². The Morgan fingerprint density at radius 3 is 3.08 bits per heavy atom. The molecule has 0 aromatic carbocycles. The maximum absolute atomic E-state index is 12.2. The summed E-state index contributed by atoms with van der Waals surface area (Å²) in [5.74, 6) is 0.667. The molecule has 5 nitrogen and oxygen atoms in total. The van der Waals surface area contributed by atoms with Gasteiger partial charge >= 0.3 is 5.97 Å². The highest BCUT2D eigenvalue weighted by atomic mass is 16.5. The Morgan fingerprint density at radius 2 is 2.36 bits per heavy atom. The second-order valence-corrected chi connectivity index (χ2v) is 6.64. The van der Waals surface area contributed by atoms with Gasteiger partial charge in [0.2, 0.25) is 0 Å². The quantitative estimate of drug-likeness (QED) is 0.688. The molecule has 3 aliphatic rings. The maximum Gasteiger partial charge on any atom is 0.310 e. The third-order valence-electron chi connectivity index (χ3n) is 4.92. The smallest absolute Gasteiger partial charge is 0.310 e. The number of piperidine rings is 1. The number of allylic oxidation sites excluding steroid dienone is 3. The number of nitrogens with zero attached hydrogens (tertiary/aromatic N) is 1. The number of esters is 1. The van der Waals surface area contributed by atoms with Crippen molar-refractivity contribution in [3.05, 3.63) is 48.3 Å². The molecular weight excluding hydrogens is 318 g/mol. The maximum atomic E-state index is 12.2. The van der Waals surface area contributed by atoms with Crippen molar-refractivity contribution in [2.75, 3.05) is 19.7 Å². The number of carbonyl (C=O) groups is 1. The second kappa shape index (κ2) is 8.90. The van der Waals surface area contributed by atoms with Crippen LogP contribution >= 0.6 is 0 Å². The summed E-state index contributed by atoms with van der Waals surface area (Å²) in [6.45, 7) is 3.95. The molecule has 0 saturated carbocycles. The minimum atomic E-state index is -0.0829. The van der Waals surface area contributed by atoms with Crippen LogP contribution in [0.3, 0.4) is 0 Å². The second-order valence-electron chi connectivity index (χ2n) is 6.64. The number of carbonyl (C=O) groups excluding carboxylic acids is 1. The SMILES string of the molecule is CCOC(=O)C1CCCN(C(CC2=CC=CCC2)C2=COC=CO2)C1. The number of ether oxygens (including phenoxy) is 3. The lowest BCUT2D eigenvalue weighted by molar-refractivity contribution is -0.150. The van der Waals surface area contributed by atoms with Gasteiger partial charge in [-0.1, -0.05) is 23.8 Å². The van der Waals surface area contributed by atoms with Crippen molar-refractivity contribution >= 4 is 5.97 Å². The summed E-state index contributed by atoms with van der Waals surface area (Å²) in [6, 6.07) is 0.0833. The molecule has 2 atom stereocenters. The Bertz CT molecular complexity index is 591. The monoisotopic (exact) mass is 345 g/mol. The molecule has 5 heteroatoms. The lowest BCUT2D eigenvalue weighted by Crippen LogP contribution is -2.46. The first-order valence-corrected chi connectivity index (χ1v) is 9.20. The molecule has 0 amide bonds. The van der Waals surface area contributed by atoms with Crippen LogP contribution in [0.25, 0.3) is 0 Å². The van der Waals surface area contributed by atoms with E-state index in [1.807, 2.05) is 6.92 Å². The van der Waals surface area contributed by atoms with Crippen molar-refractivity contribution in [2.24, 2.45) is 5.92 Å². The van der Waals surface area contributed by atoms with Gasteiger partial charge in [0.05, 0.1) is 18.6 Å². The Labute approximate surface area is 149 Å². The Hall–Kier alpha value is -2.01. The molecule has 2 aliphatic heterocycles. The van der Waals surface area contributed by atoms with E-state index in [0.717, 1.165) is 44.4 Å². The molecule has 0 spiro atoms. The fourth-order valence-corrected chi connectivity index (χ4v) is 3.65. The Morgan fingerprint density at radius 1 is 1.44 bits per heavy atom. The predicted molar refractivity (Wildman–Crippen MR) is 95.2 cm³/mol. The van der Waals surface area contributed by atoms with Gasteiger partial charge in [0, 0.05) is 6.54 Å². The van der Waals surface area contributed by atoms with Crippen LogP contribution in [0.1, 0.15) is 39.0 Å². The molecule has 0 aromatic rings. The van der Waals surface area contributed by atoms with Crippen LogP contribution in [0.15, 0.2) is 48.3 Å². The number of likely N-dealkylation sites (tertiary alicyclic amines) is 1. The van der Waals surface area contributed by atoms with Crippen LogP contribution < -0.4 is 0 Å². The highest BCUT2D eigenvalue weighted by Crippen LogP contribution is 2.30. The highest BCUT2D eigenvalue weighted by Gasteiger charge is 2.33. The first-order valence-electron chi connectivity index (χ1n) is 9.20. The molecule has 0 aromatic heterocycles. The van der Waals surface area contributed by atoms with Crippen molar-refractivity contribution < 1.29 is 19.0 Å². The van der Waals surface area contributed by atoms with Crippen molar-refractivity contribution in [3.8, 4) is 0 Å². The van der Waals surface area contributed by atoms with Gasteiger partial charge in [-0.05, 0) is 45.6 Å². The van der Waals surface area contributed by atoms with Gasteiger partial charge in [-0.15, -0.1) is 0 Å². The van der Waals surface area contributed by atoms with E-state index in [1.54, 1.807) is 12.5 Å². The van der Waals surface area contributed by atoms with Gasteiger partial charge in [0.1, 0.15) is 18.8 Å². The zero-order valence-corrected chi connectivity index (χ0v) is 14.9. The van der Waals surface area contributed by atoms with Crippen LogP contribution in [-0.2, 0) is 19.0 Å². The molecule has 0 radical (unpaired) electrons. The van der Waals surface area contributed by atoms with E-state index in [-0.39, 0.29) is 17.9 Å². The summed E-state index contributed by atoms with van der Waals surface area (Å²) in [4.78, 5) is 14.5. The van der Waals surface area contributed by atoms with E-state index in [2.05, 4.69) is 23.1 Å². The molecule has 1 saturated heterocycles. The van der Waals surface area contributed by atoms with E-state index in [1.165, 1.54) is 11.8 Å². The molecule has 25 heavy (non-hydrogen) atoms. The minimum absolute atomic E-state index is 0.0583. The van der Waals surface area contributed by atoms with Crippen molar-refractivity contribution in [3.63, 3.8) is 0 Å². The van der Waals surface area contributed by atoms with E-state index in [4.69, 9.17) is 14.2 Å². The van der Waals surface area contributed by atoms with E-state index >= 15 is 0 Å². The number of rotatable bonds is 6. The molecule has 0 bridgehead atoms. The summed E-state index contributed by atoms with van der Waals surface area (Å²) >= 11 is 0. The van der Waals surface area contributed by atoms with E-state index in [0.29, 0.717) is 13.2 Å². The molecule has 1 fully saturated rings. The predicted octanol–water partition coefficient (Wildman–Crippen LogP) is 3.66. The van der Waals surface area contributed by atoms with Crippen molar-refractivity contribution in [2.45, 2.75) is 45.1 Å². The molecule has 1 aliphatic carbocycles. The van der Waals surface area contributed by atoms with Gasteiger partial charge in [0.25, 0.3) is 0 Å². The van der Waals surface area contributed by atoms with Crippen molar-refractivity contribution in [1.29, 1.82) is 0 Å². The van der Waals surface area contributed by atoms with Crippen LogP contribution in [0.2, 0.25) is 0 Å². The average molecular weight is 345 g/mol. The number of hydrogen-bond acceptors (Lipinski definition) is 5. The average Bonchev–Trinajstić information content (AvgIpc) is 2.68. The van der Waals surface area contributed by atoms with Gasteiger partial charge in [-0.3, -0.25) is 9.69 Å². The van der Waals surface area contributed by atoms with E-state index in [9.17, 15) is 4.79 Å². The summed E-state index contributed by atoms with van der Waals surface area (Å²) < 4.78 is 16.3. The lowest BCUT2D eigenvalue weighted by Gasteiger charge is -2.38. The molecule has 2 unspecified atom stereocenters. The minimum Gasteiger partial charge on any atom is -0.466 e. The van der Waals surface area contributed by atoms with Crippen molar-refractivity contribution in [1.82, 2.24) is 4.90 Å². The lowest BCUT2D eigenvalue weighted by atomic mass is 9.92. The molecule has 0 N–H and O–H groups in total. The Balaban J connectivity index is 1.73. The van der Waals surface area contributed by atoms with Crippen LogP contribution in [0, 0.1) is 5.92 Å². The third kappa shape index (κ3) is 4.75. The van der Waals surface area contributed by atoms with Gasteiger partial charge in [-0.2, -0.15) is 0 Å². The molecular formula is C20H27NO4. The summed E-state index contributed by atoms with van der Waals surface area (Å²) in [7, 11) is 0. The molecule has 136 valence electrons. The van der Waals surface area contributed by atoms with E-state index < -0.39 is 0 Å². The normalized spacial score (nSPS) is 24.6. The summed E-state index contributed by atoms with van der Waals surface area (Å²) in [5.41, 5.74) is 1.41. The Kier molecular flexibility index (Phi) is 6.34. The molecule has 3 rings (SSSR count). The first-order chi connectivity index (χ1) is 12.3. The third-order valence-corrected chi connectivity index (χ3v) is 4.92. The fraction of sp³-hybridized carbons (Fsp3) is 0.550. The van der Waals surface area contributed by atoms with Gasteiger partial charge < -0.3 is 14.2 Å². The topological polar surface area (TPSA) is 48.0 Å². The molecule has 2 heterocycles. The zero-order valence-electron chi connectivity index (χ0n) is 14.9. The standard InChI is InChI=1S/C20H27NO4/c1-2-24-20(22)17-9-6-10-21(14-17)18(19-15-23-11-12-25-19)13-16-7-4-3-5-8-16/h3-4,7,11-12,15,17-18H,2,5-6,8-10,13-14H2,1H3. The summed E-state index contributed by atoms with van der Waals surface area (Å²) in [6.07, 6.45) is 16.2. The van der Waals surface area contributed by atoms with Gasteiger partial charge in [-0.25, -0.2) is 0 Å². The van der Waals surface area contributed by atoms with Crippen LogP contribution in [0.5, 0.6) is 0 Å². The largest absolute Gasteiger partial charge is 0.466 e. The zero-order chi connectivity index (χ0) is 17.5. The highest BCUT2D eigenvalue weighted by molar-refractivity contribution is 5.72. The van der Waals surface area contributed by atoms with Crippen LogP contribution in [-0.4, -0.2) is 36.6 Å². The first kappa shape index (κ1) is 17.8. The number of hydrogen-bond donors (Lipinski definition) is 0. The fourth-order valence-electron chi connectivity index (χ4n) is 3.65. The van der Waals surface area contributed by atoms with Crippen LogP contribution in [0.4, 0.5) is 0 Å².